The fourth-order valence-electron chi connectivity index (χ4n) is 0.605. The topological polar surface area (TPSA) is 3.24 Å². The molecule has 70 valence electrons. The van der Waals surface area contributed by atoms with E-state index in [0.29, 0.717) is 0 Å². The highest BCUT2D eigenvalue weighted by atomic mass is 19.1. The van der Waals surface area contributed by atoms with Gasteiger partial charge in [0.05, 0.1) is 0 Å². The fourth-order valence-corrected chi connectivity index (χ4v) is 0.605. The van der Waals surface area contributed by atoms with Crippen LogP contribution in [-0.4, -0.2) is 19.0 Å². The summed E-state index contributed by atoms with van der Waals surface area (Å²) in [6.07, 6.45) is 2.34. The van der Waals surface area contributed by atoms with E-state index in [-0.39, 0.29) is 5.83 Å². The summed E-state index contributed by atoms with van der Waals surface area (Å²) in [6.45, 7) is 5.66. The highest BCUT2D eigenvalue weighted by molar-refractivity contribution is 5.20. The summed E-state index contributed by atoms with van der Waals surface area (Å²) < 4.78 is 13.2. The van der Waals surface area contributed by atoms with Crippen molar-refractivity contribution >= 4 is 0 Å². The van der Waals surface area contributed by atoms with Crippen LogP contribution in [0.5, 0.6) is 0 Å². The molecule has 1 nitrogen and oxygen atoms in total. The van der Waals surface area contributed by atoms with Crippen molar-refractivity contribution in [2.24, 2.45) is 0 Å². The Bertz CT molecular complexity index is 202. The standard InChI is InChI=1S/C10H18FN/c1-6-8(2)10(11)7-9(3)12(4)5/h7H,6H2,1-5H3/b9-7-,10-8-. The first kappa shape index (κ1) is 11.2. The summed E-state index contributed by atoms with van der Waals surface area (Å²) in [6, 6.07) is 0. The monoisotopic (exact) mass is 171 g/mol. The van der Waals surface area contributed by atoms with E-state index in [4.69, 9.17) is 0 Å². The maximum absolute atomic E-state index is 13.2. The highest BCUT2D eigenvalue weighted by Gasteiger charge is 1.97. The average Bonchev–Trinajstić information content (AvgIpc) is 2.02. The quantitative estimate of drug-likeness (QED) is 0.590. The lowest BCUT2D eigenvalue weighted by Gasteiger charge is -2.12. The van der Waals surface area contributed by atoms with Crippen molar-refractivity contribution in [2.75, 3.05) is 14.1 Å². The molecule has 0 aromatic heterocycles. The summed E-state index contributed by atoms with van der Waals surface area (Å²) in [5.74, 6) is -0.108. The Morgan fingerprint density at radius 2 is 1.83 bits per heavy atom. The molecule has 0 bridgehead atoms. The second kappa shape index (κ2) is 4.96. The van der Waals surface area contributed by atoms with Gasteiger partial charge in [0, 0.05) is 19.8 Å². The Kier molecular flexibility index (Phi) is 4.64. The van der Waals surface area contributed by atoms with Crippen molar-refractivity contribution in [2.45, 2.75) is 27.2 Å². The Hall–Kier alpha value is -0.790. The second-order valence-corrected chi connectivity index (χ2v) is 3.16. The van der Waals surface area contributed by atoms with Crippen LogP contribution in [0.3, 0.4) is 0 Å². The molecule has 0 heterocycles. The van der Waals surface area contributed by atoms with E-state index < -0.39 is 0 Å². The molecule has 0 radical (unpaired) electrons. The number of allylic oxidation sites excluding steroid dienone is 4. The maximum atomic E-state index is 13.2. The summed E-state index contributed by atoms with van der Waals surface area (Å²) in [7, 11) is 3.81. The zero-order valence-electron chi connectivity index (χ0n) is 8.61. The molecule has 0 aromatic carbocycles. The zero-order chi connectivity index (χ0) is 9.72. The van der Waals surface area contributed by atoms with Crippen molar-refractivity contribution in [3.8, 4) is 0 Å². The van der Waals surface area contributed by atoms with Gasteiger partial charge in [0.2, 0.25) is 0 Å². The molecule has 0 saturated heterocycles. The van der Waals surface area contributed by atoms with Gasteiger partial charge in [-0.15, -0.1) is 0 Å². The zero-order valence-corrected chi connectivity index (χ0v) is 8.61. The fraction of sp³-hybridized carbons (Fsp3) is 0.600. The number of rotatable bonds is 3. The lowest BCUT2D eigenvalue weighted by atomic mass is 10.2. The molecule has 12 heavy (non-hydrogen) atoms. The van der Waals surface area contributed by atoms with Crippen LogP contribution in [0.25, 0.3) is 0 Å². The Morgan fingerprint density at radius 3 is 2.17 bits per heavy atom. The van der Waals surface area contributed by atoms with Crippen molar-refractivity contribution in [1.29, 1.82) is 0 Å². The minimum atomic E-state index is -0.108. The molecule has 0 aliphatic heterocycles. The van der Waals surface area contributed by atoms with Crippen molar-refractivity contribution in [1.82, 2.24) is 4.90 Å². The van der Waals surface area contributed by atoms with Gasteiger partial charge in [0.1, 0.15) is 5.83 Å². The van der Waals surface area contributed by atoms with Gasteiger partial charge in [-0.3, -0.25) is 0 Å². The van der Waals surface area contributed by atoms with Gasteiger partial charge in [0.15, 0.2) is 0 Å². The van der Waals surface area contributed by atoms with Gasteiger partial charge in [-0.25, -0.2) is 4.39 Å². The average molecular weight is 171 g/mol. The van der Waals surface area contributed by atoms with Gasteiger partial charge in [-0.1, -0.05) is 6.92 Å². The van der Waals surface area contributed by atoms with Crippen molar-refractivity contribution in [3.63, 3.8) is 0 Å². The minimum Gasteiger partial charge on any atom is -0.381 e. The molecule has 0 aliphatic carbocycles. The highest BCUT2D eigenvalue weighted by Crippen LogP contribution is 2.13. The molecule has 2 heteroatoms. The number of hydrogen-bond acceptors (Lipinski definition) is 1. The normalized spacial score (nSPS) is 14.3. The Morgan fingerprint density at radius 1 is 1.33 bits per heavy atom. The van der Waals surface area contributed by atoms with E-state index in [9.17, 15) is 4.39 Å². The van der Waals surface area contributed by atoms with Gasteiger partial charge in [-0.2, -0.15) is 0 Å². The van der Waals surface area contributed by atoms with E-state index >= 15 is 0 Å². The molecule has 0 aliphatic rings. The molecular formula is C10H18FN. The molecule has 0 amide bonds. The molecule has 0 N–H and O–H groups in total. The first-order valence-electron chi connectivity index (χ1n) is 4.20. The lowest BCUT2D eigenvalue weighted by molar-refractivity contribution is 0.508. The Labute approximate surface area is 74.6 Å². The molecule has 0 saturated carbocycles. The predicted molar refractivity (Wildman–Crippen MR) is 51.5 cm³/mol. The first-order chi connectivity index (χ1) is 5.49. The van der Waals surface area contributed by atoms with E-state index in [1.165, 1.54) is 0 Å². The largest absolute Gasteiger partial charge is 0.381 e. The van der Waals surface area contributed by atoms with E-state index in [1.807, 2.05) is 39.8 Å². The van der Waals surface area contributed by atoms with Crippen LogP contribution in [0.4, 0.5) is 4.39 Å². The van der Waals surface area contributed by atoms with Crippen LogP contribution in [0, 0.1) is 0 Å². The van der Waals surface area contributed by atoms with Crippen LogP contribution in [0.15, 0.2) is 23.2 Å². The number of hydrogen-bond donors (Lipinski definition) is 0. The summed E-state index contributed by atoms with van der Waals surface area (Å²) in [4.78, 5) is 1.89. The predicted octanol–water partition coefficient (Wildman–Crippen LogP) is 3.11. The van der Waals surface area contributed by atoms with Gasteiger partial charge in [0.25, 0.3) is 0 Å². The van der Waals surface area contributed by atoms with Crippen LogP contribution < -0.4 is 0 Å². The molecule has 0 rings (SSSR count). The third kappa shape index (κ3) is 3.56. The van der Waals surface area contributed by atoms with Crippen molar-refractivity contribution in [3.05, 3.63) is 23.2 Å². The van der Waals surface area contributed by atoms with Gasteiger partial charge >= 0.3 is 0 Å². The van der Waals surface area contributed by atoms with Gasteiger partial charge < -0.3 is 4.90 Å². The van der Waals surface area contributed by atoms with Crippen LogP contribution in [0.1, 0.15) is 27.2 Å². The lowest BCUT2D eigenvalue weighted by Crippen LogP contribution is -2.07. The summed E-state index contributed by atoms with van der Waals surface area (Å²) in [5, 5.41) is 0. The van der Waals surface area contributed by atoms with Crippen molar-refractivity contribution < 1.29 is 4.39 Å². The molecule has 0 atom stereocenters. The smallest absolute Gasteiger partial charge is 0.123 e. The Balaban J connectivity index is 4.53. The summed E-state index contributed by atoms with van der Waals surface area (Å²) >= 11 is 0. The molecule has 0 spiro atoms. The number of halogens is 1. The molecule has 0 fully saturated rings. The first-order valence-corrected chi connectivity index (χ1v) is 4.20. The van der Waals surface area contributed by atoms with E-state index in [0.717, 1.165) is 17.7 Å². The third-order valence-electron chi connectivity index (χ3n) is 1.98. The van der Waals surface area contributed by atoms with Crippen LogP contribution >= 0.6 is 0 Å². The van der Waals surface area contributed by atoms with Gasteiger partial charge in [-0.05, 0) is 31.9 Å². The van der Waals surface area contributed by atoms with E-state index in [2.05, 4.69) is 0 Å². The number of nitrogens with zero attached hydrogens (tertiary/aromatic N) is 1. The molecular weight excluding hydrogens is 153 g/mol. The third-order valence-corrected chi connectivity index (χ3v) is 1.98. The second-order valence-electron chi connectivity index (χ2n) is 3.16. The SMILES string of the molecule is CC/C(C)=C(F)/C=C(/C)N(C)C. The molecule has 0 aromatic rings. The maximum Gasteiger partial charge on any atom is 0.123 e. The van der Waals surface area contributed by atoms with Crippen LogP contribution in [-0.2, 0) is 0 Å². The summed E-state index contributed by atoms with van der Waals surface area (Å²) in [5.41, 5.74) is 1.73. The van der Waals surface area contributed by atoms with Crippen LogP contribution in [0.2, 0.25) is 0 Å². The molecule has 0 unspecified atom stereocenters. The van der Waals surface area contributed by atoms with E-state index in [1.54, 1.807) is 6.08 Å². The minimum absolute atomic E-state index is 0.108.